The lowest BCUT2D eigenvalue weighted by molar-refractivity contribution is 0.0508. The Balaban J connectivity index is 1.49. The van der Waals surface area contributed by atoms with Crippen LogP contribution in [-0.4, -0.2) is 55.2 Å². The maximum atomic E-state index is 5.59. The SMILES string of the molecule is CCCC(CC)N1CCN(C2CCC(c3ccccc3OC)CC2)CC1. The minimum atomic E-state index is 0.678. The first-order valence-electron chi connectivity index (χ1n) is 10.9. The number of nitrogens with zero attached hydrogens (tertiary/aromatic N) is 2. The quantitative estimate of drug-likeness (QED) is 0.688. The Hall–Kier alpha value is -1.06. The molecule has 0 spiro atoms. The molecule has 2 aliphatic rings. The summed E-state index contributed by atoms with van der Waals surface area (Å²) in [5.41, 5.74) is 1.42. The molecular weight excluding hydrogens is 320 g/mol. The summed E-state index contributed by atoms with van der Waals surface area (Å²) in [6.07, 6.45) is 9.27. The summed E-state index contributed by atoms with van der Waals surface area (Å²) in [5.74, 6) is 1.75. The molecule has 0 aromatic heterocycles. The van der Waals surface area contributed by atoms with Gasteiger partial charge < -0.3 is 4.74 Å². The van der Waals surface area contributed by atoms with Crippen molar-refractivity contribution in [2.75, 3.05) is 33.3 Å². The molecule has 3 rings (SSSR count). The van der Waals surface area contributed by atoms with E-state index in [0.29, 0.717) is 5.92 Å². The highest BCUT2D eigenvalue weighted by atomic mass is 16.5. The smallest absolute Gasteiger partial charge is 0.122 e. The highest BCUT2D eigenvalue weighted by molar-refractivity contribution is 5.36. The number of piperazine rings is 1. The molecule has 0 radical (unpaired) electrons. The van der Waals surface area contributed by atoms with Gasteiger partial charge in [0.05, 0.1) is 7.11 Å². The number of hydrogen-bond acceptors (Lipinski definition) is 3. The van der Waals surface area contributed by atoms with Gasteiger partial charge in [0.2, 0.25) is 0 Å². The van der Waals surface area contributed by atoms with Crippen molar-refractivity contribution in [3.05, 3.63) is 29.8 Å². The van der Waals surface area contributed by atoms with Gasteiger partial charge in [-0.25, -0.2) is 0 Å². The third kappa shape index (κ3) is 4.61. The average Bonchev–Trinajstić information content (AvgIpc) is 2.72. The van der Waals surface area contributed by atoms with Crippen molar-refractivity contribution in [1.29, 1.82) is 0 Å². The third-order valence-electron chi connectivity index (χ3n) is 6.75. The molecule has 146 valence electrons. The van der Waals surface area contributed by atoms with Gasteiger partial charge in [0.25, 0.3) is 0 Å². The Morgan fingerprint density at radius 1 is 1.00 bits per heavy atom. The van der Waals surface area contributed by atoms with Crippen LogP contribution in [0.25, 0.3) is 0 Å². The predicted molar refractivity (Wildman–Crippen MR) is 110 cm³/mol. The monoisotopic (exact) mass is 358 g/mol. The fourth-order valence-corrected chi connectivity index (χ4v) is 5.20. The van der Waals surface area contributed by atoms with Crippen LogP contribution in [0, 0.1) is 0 Å². The Kier molecular flexibility index (Phi) is 7.39. The third-order valence-corrected chi connectivity index (χ3v) is 6.75. The summed E-state index contributed by atoms with van der Waals surface area (Å²) >= 11 is 0. The first-order valence-corrected chi connectivity index (χ1v) is 10.9. The van der Waals surface area contributed by atoms with Gasteiger partial charge in [-0.3, -0.25) is 9.80 Å². The molecule has 26 heavy (non-hydrogen) atoms. The van der Waals surface area contributed by atoms with E-state index in [-0.39, 0.29) is 0 Å². The molecule has 1 heterocycles. The second kappa shape index (κ2) is 9.75. The van der Waals surface area contributed by atoms with Crippen molar-refractivity contribution >= 4 is 0 Å². The van der Waals surface area contributed by atoms with E-state index in [2.05, 4.69) is 47.9 Å². The minimum Gasteiger partial charge on any atom is -0.496 e. The standard InChI is InChI=1S/C23H38N2O/c1-4-8-20(5-2)24-15-17-25(18-16-24)21-13-11-19(12-14-21)22-9-6-7-10-23(22)26-3/h6-7,9-10,19-21H,4-5,8,11-18H2,1-3H3. The first-order chi connectivity index (χ1) is 12.8. The van der Waals surface area contributed by atoms with Gasteiger partial charge in [0.15, 0.2) is 0 Å². The average molecular weight is 359 g/mol. The van der Waals surface area contributed by atoms with E-state index in [1.165, 1.54) is 76.7 Å². The largest absolute Gasteiger partial charge is 0.496 e. The van der Waals surface area contributed by atoms with E-state index in [1.807, 2.05) is 0 Å². The van der Waals surface area contributed by atoms with Crippen LogP contribution in [0.1, 0.15) is 70.3 Å². The van der Waals surface area contributed by atoms with Gasteiger partial charge in [0, 0.05) is 38.3 Å². The van der Waals surface area contributed by atoms with E-state index >= 15 is 0 Å². The predicted octanol–water partition coefficient (Wildman–Crippen LogP) is 4.92. The van der Waals surface area contributed by atoms with Crippen LogP contribution in [0.5, 0.6) is 5.75 Å². The number of ether oxygens (including phenoxy) is 1. The van der Waals surface area contributed by atoms with Gasteiger partial charge in [0.1, 0.15) is 5.75 Å². The minimum absolute atomic E-state index is 0.678. The number of rotatable bonds is 7. The molecule has 0 amide bonds. The molecule has 3 heteroatoms. The zero-order valence-electron chi connectivity index (χ0n) is 17.1. The van der Waals surface area contributed by atoms with Crippen LogP contribution in [0.3, 0.4) is 0 Å². The fraction of sp³-hybridized carbons (Fsp3) is 0.739. The lowest BCUT2D eigenvalue weighted by Gasteiger charge is -2.44. The number of hydrogen-bond donors (Lipinski definition) is 0. The molecule has 1 atom stereocenters. The van der Waals surface area contributed by atoms with Gasteiger partial charge >= 0.3 is 0 Å². The number of benzene rings is 1. The molecule has 2 fully saturated rings. The molecule has 1 saturated heterocycles. The molecule has 1 unspecified atom stereocenters. The summed E-state index contributed by atoms with van der Waals surface area (Å²) in [7, 11) is 1.80. The fourth-order valence-electron chi connectivity index (χ4n) is 5.20. The molecule has 1 aromatic carbocycles. The normalized spacial score (nSPS) is 26.6. The van der Waals surface area contributed by atoms with E-state index < -0.39 is 0 Å². The molecule has 0 bridgehead atoms. The molecule has 0 N–H and O–H groups in total. The summed E-state index contributed by atoms with van der Waals surface area (Å²) < 4.78 is 5.59. The Morgan fingerprint density at radius 3 is 2.31 bits per heavy atom. The van der Waals surface area contributed by atoms with Crippen molar-refractivity contribution in [2.24, 2.45) is 0 Å². The van der Waals surface area contributed by atoms with Crippen molar-refractivity contribution in [3.63, 3.8) is 0 Å². The topological polar surface area (TPSA) is 15.7 Å². The molecule has 1 aliphatic carbocycles. The number of methoxy groups -OCH3 is 1. The van der Waals surface area contributed by atoms with Crippen molar-refractivity contribution in [1.82, 2.24) is 9.80 Å². The highest BCUT2D eigenvalue weighted by Gasteiger charge is 2.30. The maximum absolute atomic E-state index is 5.59. The maximum Gasteiger partial charge on any atom is 0.122 e. The van der Waals surface area contributed by atoms with E-state index in [1.54, 1.807) is 7.11 Å². The first kappa shape index (κ1) is 19.7. The van der Waals surface area contributed by atoms with Crippen LogP contribution in [0.2, 0.25) is 0 Å². The van der Waals surface area contributed by atoms with E-state index in [4.69, 9.17) is 4.74 Å². The van der Waals surface area contributed by atoms with Crippen LogP contribution in [-0.2, 0) is 0 Å². The zero-order chi connectivity index (χ0) is 18.4. The lowest BCUT2D eigenvalue weighted by Crippen LogP contribution is -2.53. The summed E-state index contributed by atoms with van der Waals surface area (Å²) in [5, 5.41) is 0. The van der Waals surface area contributed by atoms with Crippen molar-refractivity contribution in [2.45, 2.75) is 76.8 Å². The van der Waals surface area contributed by atoms with Gasteiger partial charge in [-0.05, 0) is 56.1 Å². The molecule has 1 aliphatic heterocycles. The zero-order valence-corrected chi connectivity index (χ0v) is 17.1. The van der Waals surface area contributed by atoms with Crippen LogP contribution in [0.4, 0.5) is 0 Å². The van der Waals surface area contributed by atoms with Crippen LogP contribution in [0.15, 0.2) is 24.3 Å². The van der Waals surface area contributed by atoms with Crippen molar-refractivity contribution in [3.8, 4) is 5.75 Å². The van der Waals surface area contributed by atoms with Gasteiger partial charge in [-0.1, -0.05) is 38.5 Å². The summed E-state index contributed by atoms with van der Waals surface area (Å²) in [6.45, 7) is 9.75. The summed E-state index contributed by atoms with van der Waals surface area (Å²) in [6, 6.07) is 10.2. The molecular formula is C23H38N2O. The molecule has 1 saturated carbocycles. The van der Waals surface area contributed by atoms with E-state index in [0.717, 1.165) is 17.8 Å². The van der Waals surface area contributed by atoms with Crippen LogP contribution >= 0.6 is 0 Å². The Bertz CT molecular complexity index is 531. The highest BCUT2D eigenvalue weighted by Crippen LogP contribution is 2.38. The molecule has 1 aromatic rings. The second-order valence-electron chi connectivity index (χ2n) is 8.17. The number of para-hydroxylation sites is 1. The van der Waals surface area contributed by atoms with Crippen LogP contribution < -0.4 is 4.74 Å². The molecule has 3 nitrogen and oxygen atoms in total. The summed E-state index contributed by atoms with van der Waals surface area (Å²) in [4.78, 5) is 5.54. The second-order valence-corrected chi connectivity index (χ2v) is 8.17. The van der Waals surface area contributed by atoms with Gasteiger partial charge in [-0.2, -0.15) is 0 Å². The van der Waals surface area contributed by atoms with E-state index in [9.17, 15) is 0 Å². The lowest BCUT2D eigenvalue weighted by atomic mass is 9.80. The van der Waals surface area contributed by atoms with Crippen molar-refractivity contribution < 1.29 is 4.74 Å². The Morgan fingerprint density at radius 2 is 1.69 bits per heavy atom. The Labute approximate surface area is 160 Å². The van der Waals surface area contributed by atoms with Gasteiger partial charge in [-0.15, -0.1) is 0 Å².